The minimum absolute atomic E-state index is 0.0718. The highest BCUT2D eigenvalue weighted by Gasteiger charge is 2.28. The largest absolute Gasteiger partial charge is 0.345 e. The van der Waals surface area contributed by atoms with Crippen molar-refractivity contribution in [3.63, 3.8) is 0 Å². The maximum absolute atomic E-state index is 12.2. The van der Waals surface area contributed by atoms with E-state index < -0.39 is 11.0 Å². The van der Waals surface area contributed by atoms with Crippen molar-refractivity contribution in [3.8, 4) is 0 Å². The van der Waals surface area contributed by atoms with Gasteiger partial charge in [-0.3, -0.25) is 19.7 Å². The van der Waals surface area contributed by atoms with Crippen LogP contribution in [0.25, 0.3) is 0 Å². The minimum atomic E-state index is -0.682. The first-order valence-electron chi connectivity index (χ1n) is 6.92. The van der Waals surface area contributed by atoms with E-state index in [0.29, 0.717) is 11.1 Å². The predicted octanol–water partition coefficient (Wildman–Crippen LogP) is 3.05. The number of nitrogens with one attached hydrogen (secondary N) is 1. The quantitative estimate of drug-likeness (QED) is 0.498. The molecule has 0 radical (unpaired) electrons. The van der Waals surface area contributed by atoms with Crippen molar-refractivity contribution in [1.82, 2.24) is 5.32 Å². The van der Waals surface area contributed by atoms with Gasteiger partial charge in [0, 0.05) is 40.4 Å². The van der Waals surface area contributed by atoms with Crippen molar-refractivity contribution < 1.29 is 14.5 Å². The molecule has 23 heavy (non-hydrogen) atoms. The normalized spacial score (nSPS) is 15.1. The number of benzene rings is 1. The van der Waals surface area contributed by atoms with Crippen LogP contribution in [0.5, 0.6) is 0 Å². The molecular weight excluding hydrogens is 336 g/mol. The summed E-state index contributed by atoms with van der Waals surface area (Å²) in [6.45, 7) is 2.82. The molecule has 0 saturated carbocycles. The first-order valence-corrected chi connectivity index (χ1v) is 8.89. The van der Waals surface area contributed by atoms with E-state index in [1.807, 2.05) is 0 Å². The summed E-state index contributed by atoms with van der Waals surface area (Å²) in [6.07, 6.45) is 0. The SMILES string of the molecule is CC(=O)NC(C(C(C)=O)=C1SCCS1)c1cccc([N+](=O)[O-])c1. The second kappa shape index (κ2) is 7.65. The van der Waals surface area contributed by atoms with Crippen LogP contribution in [0.4, 0.5) is 5.69 Å². The Morgan fingerprint density at radius 2 is 1.91 bits per heavy atom. The van der Waals surface area contributed by atoms with Gasteiger partial charge in [0.2, 0.25) is 5.91 Å². The van der Waals surface area contributed by atoms with Crippen LogP contribution in [0, 0.1) is 10.1 Å². The lowest BCUT2D eigenvalue weighted by molar-refractivity contribution is -0.384. The van der Waals surface area contributed by atoms with E-state index in [1.54, 1.807) is 35.7 Å². The molecule has 1 aromatic carbocycles. The van der Waals surface area contributed by atoms with Gasteiger partial charge in [0.1, 0.15) is 0 Å². The number of non-ortho nitro benzene ring substituents is 1. The van der Waals surface area contributed by atoms with Gasteiger partial charge in [-0.05, 0) is 12.5 Å². The number of nitrogens with zero attached hydrogens (tertiary/aromatic N) is 1. The first kappa shape index (κ1) is 17.6. The van der Waals surface area contributed by atoms with Gasteiger partial charge in [0.05, 0.1) is 11.0 Å². The molecule has 1 N–H and O–H groups in total. The molecule has 8 heteroatoms. The second-order valence-electron chi connectivity index (χ2n) is 4.94. The van der Waals surface area contributed by atoms with Crippen molar-refractivity contribution in [3.05, 3.63) is 49.8 Å². The number of hydrogen-bond acceptors (Lipinski definition) is 6. The molecule has 0 bridgehead atoms. The number of ketones is 1. The number of nitro benzene ring substituents is 1. The molecule has 1 amide bonds. The molecule has 1 aromatic rings. The average Bonchev–Trinajstić information content (AvgIpc) is 2.99. The van der Waals surface area contributed by atoms with Gasteiger partial charge in [0.15, 0.2) is 5.78 Å². The molecule has 2 rings (SSSR count). The Labute approximate surface area is 142 Å². The van der Waals surface area contributed by atoms with Crippen molar-refractivity contribution >= 4 is 40.9 Å². The summed E-state index contributed by atoms with van der Waals surface area (Å²) >= 11 is 3.15. The van der Waals surface area contributed by atoms with Crippen LogP contribution in [0.15, 0.2) is 34.1 Å². The summed E-state index contributed by atoms with van der Waals surface area (Å²) in [5.74, 6) is 1.36. The third-order valence-electron chi connectivity index (χ3n) is 3.20. The minimum Gasteiger partial charge on any atom is -0.345 e. The summed E-state index contributed by atoms with van der Waals surface area (Å²) in [4.78, 5) is 34.3. The van der Waals surface area contributed by atoms with E-state index in [0.717, 1.165) is 15.7 Å². The van der Waals surface area contributed by atoms with Crippen LogP contribution >= 0.6 is 23.5 Å². The molecule has 1 aliphatic heterocycles. The highest BCUT2D eigenvalue weighted by atomic mass is 32.2. The molecule has 1 saturated heterocycles. The zero-order valence-corrected chi connectivity index (χ0v) is 14.3. The molecule has 6 nitrogen and oxygen atoms in total. The molecule has 0 spiro atoms. The van der Waals surface area contributed by atoms with E-state index in [2.05, 4.69) is 5.32 Å². The third kappa shape index (κ3) is 4.35. The highest BCUT2D eigenvalue weighted by molar-refractivity contribution is 8.25. The van der Waals surface area contributed by atoms with Crippen molar-refractivity contribution in [2.75, 3.05) is 11.5 Å². The van der Waals surface area contributed by atoms with Crippen LogP contribution in [0.1, 0.15) is 25.5 Å². The number of amides is 1. The fourth-order valence-corrected chi connectivity index (χ4v) is 4.98. The molecule has 0 aromatic heterocycles. The monoisotopic (exact) mass is 352 g/mol. The molecule has 1 atom stereocenters. The molecule has 122 valence electrons. The van der Waals surface area contributed by atoms with Crippen molar-refractivity contribution in [2.24, 2.45) is 0 Å². The Kier molecular flexibility index (Phi) is 5.84. The molecule has 1 fully saturated rings. The van der Waals surface area contributed by atoms with Crippen LogP contribution in [-0.4, -0.2) is 28.1 Å². The van der Waals surface area contributed by atoms with Crippen LogP contribution in [-0.2, 0) is 9.59 Å². The molecule has 1 unspecified atom stereocenters. The molecule has 1 heterocycles. The van der Waals surface area contributed by atoms with E-state index >= 15 is 0 Å². The van der Waals surface area contributed by atoms with E-state index in [-0.39, 0.29) is 17.4 Å². The Morgan fingerprint density at radius 3 is 2.43 bits per heavy atom. The maximum atomic E-state index is 12.2. The van der Waals surface area contributed by atoms with Gasteiger partial charge in [-0.15, -0.1) is 23.5 Å². The topological polar surface area (TPSA) is 89.3 Å². The van der Waals surface area contributed by atoms with E-state index in [1.165, 1.54) is 26.0 Å². The lowest BCUT2D eigenvalue weighted by atomic mass is 9.96. The lowest BCUT2D eigenvalue weighted by Crippen LogP contribution is -2.30. The van der Waals surface area contributed by atoms with Gasteiger partial charge in [-0.1, -0.05) is 12.1 Å². The second-order valence-corrected chi connectivity index (χ2v) is 7.41. The number of hydrogen-bond donors (Lipinski definition) is 1. The molecule has 1 aliphatic rings. The third-order valence-corrected chi connectivity index (χ3v) is 5.95. The standard InChI is InChI=1S/C15H16N2O4S2/c1-9(18)13(15-22-6-7-23-15)14(16-10(2)19)11-4-3-5-12(8-11)17(20)21/h3-5,8,14H,6-7H2,1-2H3,(H,16,19). The van der Waals surface area contributed by atoms with Gasteiger partial charge >= 0.3 is 0 Å². The summed E-state index contributed by atoms with van der Waals surface area (Å²) < 4.78 is 0.878. The number of carbonyl (C=O) groups excluding carboxylic acids is 2. The summed E-state index contributed by atoms with van der Waals surface area (Å²) in [7, 11) is 0. The summed E-state index contributed by atoms with van der Waals surface area (Å²) in [5.41, 5.74) is 0.950. The van der Waals surface area contributed by atoms with Gasteiger partial charge in [-0.2, -0.15) is 0 Å². The fraction of sp³-hybridized carbons (Fsp3) is 0.333. The Morgan fingerprint density at radius 1 is 1.26 bits per heavy atom. The predicted molar refractivity (Wildman–Crippen MR) is 92.3 cm³/mol. The zero-order valence-electron chi connectivity index (χ0n) is 12.7. The molecular formula is C15H16N2O4S2. The van der Waals surface area contributed by atoms with E-state index in [9.17, 15) is 19.7 Å². The lowest BCUT2D eigenvalue weighted by Gasteiger charge is -2.21. The number of thioether (sulfide) groups is 2. The van der Waals surface area contributed by atoms with Gasteiger partial charge in [-0.25, -0.2) is 0 Å². The number of carbonyl (C=O) groups is 2. The average molecular weight is 352 g/mol. The Bertz CT molecular complexity index is 680. The summed E-state index contributed by atoms with van der Waals surface area (Å²) in [5, 5.41) is 13.7. The van der Waals surface area contributed by atoms with Crippen molar-refractivity contribution in [1.29, 1.82) is 0 Å². The van der Waals surface area contributed by atoms with Crippen LogP contribution < -0.4 is 5.32 Å². The number of rotatable bonds is 5. The fourth-order valence-electron chi connectivity index (χ4n) is 2.27. The van der Waals surface area contributed by atoms with Gasteiger partial charge < -0.3 is 5.32 Å². The Hall–Kier alpha value is -1.80. The zero-order chi connectivity index (χ0) is 17.0. The number of nitro groups is 1. The molecule has 0 aliphatic carbocycles. The van der Waals surface area contributed by atoms with E-state index in [4.69, 9.17) is 0 Å². The van der Waals surface area contributed by atoms with Gasteiger partial charge in [0.25, 0.3) is 5.69 Å². The smallest absolute Gasteiger partial charge is 0.269 e. The van der Waals surface area contributed by atoms with Crippen LogP contribution in [0.2, 0.25) is 0 Å². The maximum Gasteiger partial charge on any atom is 0.269 e. The summed E-state index contributed by atoms with van der Waals surface area (Å²) in [6, 6.07) is 5.33. The number of Topliss-reactive ketones (excluding diaryl/α,β-unsaturated/α-hetero) is 1. The Balaban J connectivity index is 2.53. The van der Waals surface area contributed by atoms with Crippen LogP contribution in [0.3, 0.4) is 0 Å². The first-order chi connectivity index (χ1) is 10.9. The highest BCUT2D eigenvalue weighted by Crippen LogP contribution is 2.42. The van der Waals surface area contributed by atoms with Crippen molar-refractivity contribution in [2.45, 2.75) is 19.9 Å².